The van der Waals surface area contributed by atoms with Crippen molar-refractivity contribution in [1.29, 1.82) is 0 Å². The molecule has 0 aromatic rings. The monoisotopic (exact) mass is 180 g/mol. The van der Waals surface area contributed by atoms with E-state index in [4.69, 9.17) is 0 Å². The fourth-order valence-corrected chi connectivity index (χ4v) is 1.88. The Labute approximate surface area is 81.2 Å². The summed E-state index contributed by atoms with van der Waals surface area (Å²) in [6.45, 7) is 6.42. The first-order chi connectivity index (χ1) is 6.13. The minimum absolute atomic E-state index is 0.361. The summed E-state index contributed by atoms with van der Waals surface area (Å²) >= 11 is 0. The van der Waals surface area contributed by atoms with Crippen LogP contribution >= 0.6 is 0 Å². The smallest absolute Gasteiger partial charge is 0.158 e. The zero-order valence-corrected chi connectivity index (χ0v) is 8.97. The van der Waals surface area contributed by atoms with Crippen LogP contribution in [0.3, 0.4) is 0 Å². The summed E-state index contributed by atoms with van der Waals surface area (Å²) in [6.07, 6.45) is 6.45. The molecule has 0 spiro atoms. The lowest BCUT2D eigenvalue weighted by molar-refractivity contribution is -0.116. The van der Waals surface area contributed by atoms with Gasteiger partial charge >= 0.3 is 0 Å². The molecule has 0 heterocycles. The summed E-state index contributed by atoms with van der Waals surface area (Å²) in [5.41, 5.74) is 0.973. The highest BCUT2D eigenvalue weighted by Crippen LogP contribution is 2.27. The highest BCUT2D eigenvalue weighted by Gasteiger charge is 2.20. The largest absolute Gasteiger partial charge is 0.295 e. The molecule has 0 N–H and O–H groups in total. The molecule has 0 aromatic heterocycles. The first kappa shape index (κ1) is 10.5. The number of hydrogen-bond acceptors (Lipinski definition) is 1. The standard InChI is InChI=1S/C12H20O/c1-4-9(2)7-11-6-5-10(3)12(13)8-11/h5,9,11H,4,6-8H2,1-3H3. The molecule has 2 atom stereocenters. The van der Waals surface area contributed by atoms with Gasteiger partial charge in [0, 0.05) is 6.42 Å². The molecule has 1 aliphatic rings. The number of ketones is 1. The Morgan fingerprint density at radius 1 is 1.62 bits per heavy atom. The van der Waals surface area contributed by atoms with Gasteiger partial charge in [0.15, 0.2) is 5.78 Å². The van der Waals surface area contributed by atoms with Gasteiger partial charge < -0.3 is 0 Å². The lowest BCUT2D eigenvalue weighted by atomic mass is 9.83. The van der Waals surface area contributed by atoms with Gasteiger partial charge in [-0.3, -0.25) is 4.79 Å². The molecular formula is C12H20O. The van der Waals surface area contributed by atoms with E-state index in [0.717, 1.165) is 24.3 Å². The van der Waals surface area contributed by atoms with Gasteiger partial charge in [-0.2, -0.15) is 0 Å². The lowest BCUT2D eigenvalue weighted by Gasteiger charge is -2.22. The van der Waals surface area contributed by atoms with Crippen LogP contribution in [0.4, 0.5) is 0 Å². The highest BCUT2D eigenvalue weighted by atomic mass is 16.1. The van der Waals surface area contributed by atoms with Crippen LogP contribution in [0.5, 0.6) is 0 Å². The fraction of sp³-hybridized carbons (Fsp3) is 0.750. The first-order valence-corrected chi connectivity index (χ1v) is 5.33. The second kappa shape index (κ2) is 4.59. The molecule has 13 heavy (non-hydrogen) atoms. The maximum Gasteiger partial charge on any atom is 0.158 e. The molecular weight excluding hydrogens is 160 g/mol. The van der Waals surface area contributed by atoms with Gasteiger partial charge in [0.2, 0.25) is 0 Å². The van der Waals surface area contributed by atoms with Gasteiger partial charge in [0.25, 0.3) is 0 Å². The van der Waals surface area contributed by atoms with Crippen LogP contribution < -0.4 is 0 Å². The molecule has 0 saturated carbocycles. The Hall–Kier alpha value is -0.590. The normalized spacial score (nSPS) is 25.6. The predicted molar refractivity (Wildman–Crippen MR) is 55.6 cm³/mol. The molecule has 0 saturated heterocycles. The average Bonchev–Trinajstić information content (AvgIpc) is 2.11. The number of hydrogen-bond donors (Lipinski definition) is 0. The molecule has 2 unspecified atom stereocenters. The van der Waals surface area contributed by atoms with Crippen molar-refractivity contribution in [2.24, 2.45) is 11.8 Å². The van der Waals surface area contributed by atoms with Gasteiger partial charge in [-0.1, -0.05) is 26.3 Å². The van der Waals surface area contributed by atoms with Gasteiger partial charge in [0.05, 0.1) is 0 Å². The molecule has 1 nitrogen and oxygen atoms in total. The van der Waals surface area contributed by atoms with Crippen molar-refractivity contribution in [3.05, 3.63) is 11.6 Å². The van der Waals surface area contributed by atoms with Gasteiger partial charge in [-0.25, -0.2) is 0 Å². The molecule has 1 aliphatic carbocycles. The van der Waals surface area contributed by atoms with Crippen LogP contribution in [0.1, 0.15) is 46.5 Å². The Bertz CT molecular complexity index is 215. The van der Waals surface area contributed by atoms with Crippen molar-refractivity contribution < 1.29 is 4.79 Å². The van der Waals surface area contributed by atoms with E-state index in [1.807, 2.05) is 6.92 Å². The van der Waals surface area contributed by atoms with E-state index in [1.165, 1.54) is 12.8 Å². The number of carbonyl (C=O) groups is 1. The minimum Gasteiger partial charge on any atom is -0.295 e. The molecule has 74 valence electrons. The number of rotatable bonds is 3. The van der Waals surface area contributed by atoms with Crippen LogP contribution in [0.15, 0.2) is 11.6 Å². The first-order valence-electron chi connectivity index (χ1n) is 5.33. The second-order valence-corrected chi connectivity index (χ2v) is 4.37. The van der Waals surface area contributed by atoms with Crippen LogP contribution in [0, 0.1) is 11.8 Å². The van der Waals surface area contributed by atoms with Crippen molar-refractivity contribution in [3.63, 3.8) is 0 Å². The molecule has 0 aliphatic heterocycles. The molecule has 0 aromatic carbocycles. The summed E-state index contributed by atoms with van der Waals surface area (Å²) in [5.74, 6) is 1.75. The van der Waals surface area contributed by atoms with Gasteiger partial charge in [-0.05, 0) is 37.2 Å². The highest BCUT2D eigenvalue weighted by molar-refractivity contribution is 5.95. The predicted octanol–water partition coefficient (Wildman–Crippen LogP) is 3.35. The van der Waals surface area contributed by atoms with E-state index >= 15 is 0 Å². The summed E-state index contributed by atoms with van der Waals surface area (Å²) < 4.78 is 0. The Morgan fingerprint density at radius 2 is 2.31 bits per heavy atom. The Kier molecular flexibility index (Phi) is 3.71. The van der Waals surface area contributed by atoms with E-state index in [9.17, 15) is 4.79 Å². The molecule has 0 amide bonds. The number of carbonyl (C=O) groups excluding carboxylic acids is 1. The van der Waals surface area contributed by atoms with Crippen molar-refractivity contribution in [2.45, 2.75) is 46.5 Å². The molecule has 1 rings (SSSR count). The van der Waals surface area contributed by atoms with Crippen LogP contribution in [-0.4, -0.2) is 5.78 Å². The summed E-state index contributed by atoms with van der Waals surface area (Å²) in [4.78, 5) is 11.4. The maximum absolute atomic E-state index is 11.4. The van der Waals surface area contributed by atoms with E-state index < -0.39 is 0 Å². The van der Waals surface area contributed by atoms with E-state index in [-0.39, 0.29) is 0 Å². The van der Waals surface area contributed by atoms with Crippen LogP contribution in [-0.2, 0) is 4.79 Å². The summed E-state index contributed by atoms with van der Waals surface area (Å²) in [5, 5.41) is 0. The minimum atomic E-state index is 0.361. The van der Waals surface area contributed by atoms with E-state index in [2.05, 4.69) is 19.9 Å². The third-order valence-electron chi connectivity index (χ3n) is 3.10. The van der Waals surface area contributed by atoms with Gasteiger partial charge in [-0.15, -0.1) is 0 Å². The number of Topliss-reactive ketones (excluding diaryl/α,β-unsaturated/α-hetero) is 1. The van der Waals surface area contributed by atoms with Crippen LogP contribution in [0.25, 0.3) is 0 Å². The second-order valence-electron chi connectivity index (χ2n) is 4.37. The third kappa shape index (κ3) is 2.98. The van der Waals surface area contributed by atoms with E-state index in [1.54, 1.807) is 0 Å². The van der Waals surface area contributed by atoms with Crippen LogP contribution in [0.2, 0.25) is 0 Å². The average molecular weight is 180 g/mol. The van der Waals surface area contributed by atoms with Crippen molar-refractivity contribution >= 4 is 5.78 Å². The summed E-state index contributed by atoms with van der Waals surface area (Å²) in [7, 11) is 0. The zero-order valence-electron chi connectivity index (χ0n) is 8.97. The van der Waals surface area contributed by atoms with E-state index in [0.29, 0.717) is 11.7 Å². The van der Waals surface area contributed by atoms with Crippen molar-refractivity contribution in [1.82, 2.24) is 0 Å². The molecule has 1 heteroatoms. The van der Waals surface area contributed by atoms with Gasteiger partial charge in [0.1, 0.15) is 0 Å². The third-order valence-corrected chi connectivity index (χ3v) is 3.10. The lowest BCUT2D eigenvalue weighted by Crippen LogP contribution is -2.16. The topological polar surface area (TPSA) is 17.1 Å². The molecule has 0 bridgehead atoms. The quantitative estimate of drug-likeness (QED) is 0.651. The SMILES string of the molecule is CCC(C)CC1CC=C(C)C(=O)C1. The molecule has 0 radical (unpaired) electrons. The van der Waals surface area contributed by atoms with Crippen molar-refractivity contribution in [3.8, 4) is 0 Å². The fourth-order valence-electron chi connectivity index (χ4n) is 1.88. The number of allylic oxidation sites excluding steroid dienone is 2. The summed E-state index contributed by atoms with van der Waals surface area (Å²) in [6, 6.07) is 0. The Morgan fingerprint density at radius 3 is 2.85 bits per heavy atom. The maximum atomic E-state index is 11.4. The Balaban J connectivity index is 2.44. The zero-order chi connectivity index (χ0) is 9.84. The van der Waals surface area contributed by atoms with Crippen molar-refractivity contribution in [2.75, 3.05) is 0 Å². The molecule has 0 fully saturated rings.